The van der Waals surface area contributed by atoms with Gasteiger partial charge in [0.15, 0.2) is 0 Å². The van der Waals surface area contributed by atoms with E-state index >= 15 is 0 Å². The van der Waals surface area contributed by atoms with Gasteiger partial charge in [-0.1, -0.05) is 6.92 Å². The van der Waals surface area contributed by atoms with E-state index in [0.717, 1.165) is 17.6 Å². The molecule has 0 spiro atoms. The number of thiol groups is 1. The van der Waals surface area contributed by atoms with Crippen LogP contribution in [0.5, 0.6) is 0 Å². The Kier molecular flexibility index (Phi) is 2.63. The smallest absolute Gasteiger partial charge is 0.00429 e. The van der Waals surface area contributed by atoms with Gasteiger partial charge in [0.2, 0.25) is 0 Å². The number of hydrogen-bond donors (Lipinski definition) is 1. The highest BCUT2D eigenvalue weighted by atomic mass is 32.1. The molecule has 76 valence electrons. The van der Waals surface area contributed by atoms with Crippen molar-refractivity contribution in [3.05, 3.63) is 0 Å². The van der Waals surface area contributed by atoms with Gasteiger partial charge in [0, 0.05) is 13.1 Å². The molecule has 2 atom stereocenters. The van der Waals surface area contributed by atoms with Gasteiger partial charge < -0.3 is 4.90 Å². The van der Waals surface area contributed by atoms with Crippen LogP contribution in [0, 0.1) is 17.3 Å². The Morgan fingerprint density at radius 2 is 2.08 bits per heavy atom. The lowest BCUT2D eigenvalue weighted by Gasteiger charge is -2.22. The number of hydrogen-bond acceptors (Lipinski definition) is 2. The van der Waals surface area contributed by atoms with Crippen molar-refractivity contribution >= 4 is 12.6 Å². The van der Waals surface area contributed by atoms with Gasteiger partial charge in [-0.05, 0) is 49.3 Å². The van der Waals surface area contributed by atoms with E-state index < -0.39 is 0 Å². The predicted octanol–water partition coefficient (Wildman–Crippen LogP) is 2.28. The van der Waals surface area contributed by atoms with Gasteiger partial charge in [0.05, 0.1) is 0 Å². The summed E-state index contributed by atoms with van der Waals surface area (Å²) in [6.45, 7) is 4.96. The van der Waals surface area contributed by atoms with E-state index in [9.17, 15) is 0 Å². The van der Waals surface area contributed by atoms with Gasteiger partial charge in [-0.3, -0.25) is 0 Å². The maximum absolute atomic E-state index is 4.44. The fourth-order valence-electron chi connectivity index (χ4n) is 2.23. The van der Waals surface area contributed by atoms with Crippen LogP contribution in [0.4, 0.5) is 0 Å². The Labute approximate surface area is 87.3 Å². The molecule has 0 heterocycles. The monoisotopic (exact) mass is 199 g/mol. The lowest BCUT2D eigenvalue weighted by atomic mass is 10.1. The van der Waals surface area contributed by atoms with Crippen LogP contribution < -0.4 is 0 Å². The van der Waals surface area contributed by atoms with Crippen molar-refractivity contribution in [2.75, 3.05) is 25.9 Å². The van der Waals surface area contributed by atoms with Crippen LogP contribution in [-0.2, 0) is 0 Å². The number of rotatable bonds is 5. The molecule has 0 aliphatic heterocycles. The molecule has 2 unspecified atom stereocenters. The van der Waals surface area contributed by atoms with Crippen LogP contribution in [0.2, 0.25) is 0 Å². The summed E-state index contributed by atoms with van der Waals surface area (Å²) in [6.07, 6.45) is 4.26. The SMILES string of the molecule is CC1CC1CN(C)CC1(CS)CC1. The van der Waals surface area contributed by atoms with Crippen molar-refractivity contribution in [3.8, 4) is 0 Å². The third-order valence-corrected chi connectivity index (χ3v) is 4.39. The first kappa shape index (κ1) is 9.85. The molecular formula is C11H21NS. The van der Waals surface area contributed by atoms with Crippen LogP contribution in [-0.4, -0.2) is 30.8 Å². The summed E-state index contributed by atoms with van der Waals surface area (Å²) in [7, 11) is 2.27. The molecule has 1 nitrogen and oxygen atoms in total. The van der Waals surface area contributed by atoms with Crippen LogP contribution in [0.25, 0.3) is 0 Å². The molecule has 2 rings (SSSR count). The Balaban J connectivity index is 1.69. The Bertz CT molecular complexity index is 189. The fraction of sp³-hybridized carbons (Fsp3) is 1.00. The van der Waals surface area contributed by atoms with Crippen LogP contribution in [0.15, 0.2) is 0 Å². The summed E-state index contributed by atoms with van der Waals surface area (Å²) in [5, 5.41) is 0. The number of nitrogens with zero attached hydrogens (tertiary/aromatic N) is 1. The lowest BCUT2D eigenvalue weighted by molar-refractivity contribution is 0.264. The molecule has 2 heteroatoms. The van der Waals surface area contributed by atoms with Gasteiger partial charge in [-0.15, -0.1) is 0 Å². The standard InChI is InChI=1S/C11H21NS/c1-9-5-10(9)6-12(2)7-11(8-13)3-4-11/h9-10,13H,3-8H2,1-2H3. The topological polar surface area (TPSA) is 3.24 Å². The van der Waals surface area contributed by atoms with E-state index in [-0.39, 0.29) is 0 Å². The highest BCUT2D eigenvalue weighted by molar-refractivity contribution is 7.80. The van der Waals surface area contributed by atoms with Crippen LogP contribution in [0.1, 0.15) is 26.2 Å². The quantitative estimate of drug-likeness (QED) is 0.665. The molecule has 0 saturated heterocycles. The zero-order chi connectivity index (χ0) is 9.47. The summed E-state index contributed by atoms with van der Waals surface area (Å²) in [4.78, 5) is 2.53. The molecule has 0 radical (unpaired) electrons. The Hall–Kier alpha value is 0.310. The molecule has 2 aliphatic carbocycles. The second kappa shape index (κ2) is 3.47. The molecule has 13 heavy (non-hydrogen) atoms. The normalized spacial score (nSPS) is 35.1. The maximum atomic E-state index is 4.44. The Morgan fingerprint density at radius 1 is 1.46 bits per heavy atom. The minimum Gasteiger partial charge on any atom is -0.306 e. The first-order valence-corrected chi connectivity index (χ1v) is 6.08. The van der Waals surface area contributed by atoms with Crippen molar-refractivity contribution in [3.63, 3.8) is 0 Å². The van der Waals surface area contributed by atoms with E-state index in [4.69, 9.17) is 0 Å². The molecule has 2 saturated carbocycles. The molecule has 0 aromatic rings. The van der Waals surface area contributed by atoms with Crippen molar-refractivity contribution < 1.29 is 0 Å². The summed E-state index contributed by atoms with van der Waals surface area (Å²) >= 11 is 4.44. The van der Waals surface area contributed by atoms with Crippen molar-refractivity contribution in [2.45, 2.75) is 26.2 Å². The van der Waals surface area contributed by atoms with E-state index in [2.05, 4.69) is 31.5 Å². The average molecular weight is 199 g/mol. The van der Waals surface area contributed by atoms with Crippen molar-refractivity contribution in [2.24, 2.45) is 17.3 Å². The third-order valence-electron chi connectivity index (χ3n) is 3.72. The van der Waals surface area contributed by atoms with Crippen molar-refractivity contribution in [1.82, 2.24) is 4.90 Å². The lowest BCUT2D eigenvalue weighted by Crippen LogP contribution is -2.29. The molecule has 0 bridgehead atoms. The van der Waals surface area contributed by atoms with Crippen LogP contribution >= 0.6 is 12.6 Å². The average Bonchev–Trinajstić information content (AvgIpc) is 2.95. The van der Waals surface area contributed by atoms with E-state index in [1.807, 2.05) is 0 Å². The minimum atomic E-state index is 0.607. The minimum absolute atomic E-state index is 0.607. The van der Waals surface area contributed by atoms with Gasteiger partial charge >= 0.3 is 0 Å². The molecule has 2 fully saturated rings. The van der Waals surface area contributed by atoms with E-state index in [1.54, 1.807) is 0 Å². The molecule has 2 aliphatic rings. The molecule has 0 aromatic heterocycles. The van der Waals surface area contributed by atoms with Gasteiger partial charge in [-0.2, -0.15) is 12.6 Å². The second-order valence-electron chi connectivity index (χ2n) is 5.33. The highest BCUT2D eigenvalue weighted by Crippen LogP contribution is 2.47. The van der Waals surface area contributed by atoms with E-state index in [0.29, 0.717) is 5.41 Å². The van der Waals surface area contributed by atoms with Crippen LogP contribution in [0.3, 0.4) is 0 Å². The second-order valence-corrected chi connectivity index (χ2v) is 5.64. The van der Waals surface area contributed by atoms with Gasteiger partial charge in [0.1, 0.15) is 0 Å². The zero-order valence-corrected chi connectivity index (χ0v) is 9.69. The summed E-state index contributed by atoms with van der Waals surface area (Å²) in [5.41, 5.74) is 0.607. The van der Waals surface area contributed by atoms with E-state index in [1.165, 1.54) is 32.4 Å². The molecular weight excluding hydrogens is 178 g/mol. The largest absolute Gasteiger partial charge is 0.306 e. The first-order valence-electron chi connectivity index (χ1n) is 5.45. The summed E-state index contributed by atoms with van der Waals surface area (Å²) in [5.74, 6) is 3.08. The van der Waals surface area contributed by atoms with Gasteiger partial charge in [0.25, 0.3) is 0 Å². The third kappa shape index (κ3) is 2.41. The first-order chi connectivity index (χ1) is 6.15. The Morgan fingerprint density at radius 3 is 2.46 bits per heavy atom. The molecule has 0 N–H and O–H groups in total. The maximum Gasteiger partial charge on any atom is 0.00429 e. The van der Waals surface area contributed by atoms with Gasteiger partial charge in [-0.25, -0.2) is 0 Å². The molecule has 0 amide bonds. The summed E-state index contributed by atoms with van der Waals surface area (Å²) < 4.78 is 0. The summed E-state index contributed by atoms with van der Waals surface area (Å²) in [6, 6.07) is 0. The molecule has 0 aromatic carbocycles. The van der Waals surface area contributed by atoms with Crippen molar-refractivity contribution in [1.29, 1.82) is 0 Å². The predicted molar refractivity (Wildman–Crippen MR) is 60.3 cm³/mol. The highest BCUT2D eigenvalue weighted by Gasteiger charge is 2.43. The fourth-order valence-corrected chi connectivity index (χ4v) is 2.65. The zero-order valence-electron chi connectivity index (χ0n) is 8.79.